The number of carboxylic acid groups (broad SMARTS) is 1. The Morgan fingerprint density at radius 3 is 2.72 bits per heavy atom. The zero-order valence-electron chi connectivity index (χ0n) is 18.6. The van der Waals surface area contributed by atoms with Gasteiger partial charge in [-0.2, -0.15) is 0 Å². The molecule has 7 nitrogen and oxygen atoms in total. The lowest BCUT2D eigenvalue weighted by Crippen LogP contribution is -2.41. The summed E-state index contributed by atoms with van der Waals surface area (Å²) in [7, 11) is 0. The summed E-state index contributed by atoms with van der Waals surface area (Å²) in [5, 5.41) is 12.0. The number of nitrogens with two attached hydrogens (primary N) is 1. The minimum Gasteiger partial charge on any atom is -0.478 e. The molecule has 1 aliphatic carbocycles. The van der Waals surface area contributed by atoms with E-state index in [0.717, 1.165) is 42.5 Å². The Bertz CT molecular complexity index is 1000. The van der Waals surface area contributed by atoms with E-state index in [4.69, 9.17) is 10.8 Å². The van der Waals surface area contributed by atoms with Crippen LogP contribution >= 0.6 is 0 Å². The number of ketones is 1. The van der Waals surface area contributed by atoms with Gasteiger partial charge in [0.05, 0.1) is 11.6 Å². The molecule has 170 valence electrons. The number of hydrogen-bond acceptors (Lipinski definition) is 5. The molecule has 1 amide bonds. The topological polar surface area (TPSA) is 122 Å². The molecule has 4 N–H and O–H groups in total. The monoisotopic (exact) mass is 437 g/mol. The van der Waals surface area contributed by atoms with Crippen LogP contribution in [0.25, 0.3) is 0 Å². The Balaban J connectivity index is 1.46. The number of Topliss-reactive ketones (excluding diaryl/α,β-unsaturated/α-hetero) is 1. The number of benzene rings is 1. The van der Waals surface area contributed by atoms with Gasteiger partial charge in [0.1, 0.15) is 5.82 Å². The summed E-state index contributed by atoms with van der Waals surface area (Å²) < 4.78 is 0. The molecule has 0 saturated heterocycles. The minimum atomic E-state index is -0.933. The Hall–Kier alpha value is -3.22. The van der Waals surface area contributed by atoms with Crippen LogP contribution in [0.15, 0.2) is 36.4 Å². The quantitative estimate of drug-likeness (QED) is 0.553. The third-order valence-electron chi connectivity index (χ3n) is 6.31. The molecule has 7 heteroatoms. The Labute approximate surface area is 188 Å². The number of nitrogens with zero attached hydrogens (tertiary/aromatic N) is 1. The Kier molecular flexibility index (Phi) is 7.62. The lowest BCUT2D eigenvalue weighted by atomic mass is 9.95. The number of pyridine rings is 1. The van der Waals surface area contributed by atoms with Crippen molar-refractivity contribution in [3.05, 3.63) is 58.8 Å². The molecule has 2 aromatic rings. The highest BCUT2D eigenvalue weighted by Gasteiger charge is 2.31. The molecule has 1 aliphatic rings. The third-order valence-corrected chi connectivity index (χ3v) is 6.31. The van der Waals surface area contributed by atoms with Gasteiger partial charge in [0.25, 0.3) is 0 Å². The number of carbonyl (C=O) groups excluding carboxylic acids is 2. The fraction of sp³-hybridized carbons (Fsp3) is 0.440. The molecule has 1 fully saturated rings. The van der Waals surface area contributed by atoms with Crippen molar-refractivity contribution in [2.75, 3.05) is 5.73 Å². The summed E-state index contributed by atoms with van der Waals surface area (Å²) >= 11 is 0. The first-order chi connectivity index (χ1) is 15.2. The number of hydrogen-bond donors (Lipinski definition) is 3. The zero-order valence-corrected chi connectivity index (χ0v) is 18.6. The third kappa shape index (κ3) is 6.15. The van der Waals surface area contributed by atoms with Crippen molar-refractivity contribution in [2.24, 2.45) is 11.8 Å². The highest BCUT2D eigenvalue weighted by atomic mass is 16.4. The second-order valence-electron chi connectivity index (χ2n) is 8.76. The average Bonchev–Trinajstić information content (AvgIpc) is 3.21. The first-order valence-electron chi connectivity index (χ1n) is 11.1. The zero-order chi connectivity index (χ0) is 23.3. The van der Waals surface area contributed by atoms with Crippen LogP contribution in [0.3, 0.4) is 0 Å². The maximum Gasteiger partial charge on any atom is 0.335 e. The fourth-order valence-corrected chi connectivity index (χ4v) is 4.42. The highest BCUT2D eigenvalue weighted by molar-refractivity contribution is 5.89. The van der Waals surface area contributed by atoms with Gasteiger partial charge in [0.15, 0.2) is 5.78 Å². The summed E-state index contributed by atoms with van der Waals surface area (Å²) in [4.78, 5) is 40.6. The maximum absolute atomic E-state index is 12.7. The van der Waals surface area contributed by atoms with Gasteiger partial charge in [-0.25, -0.2) is 9.78 Å². The minimum absolute atomic E-state index is 0.00499. The summed E-state index contributed by atoms with van der Waals surface area (Å²) in [6.45, 7) is 3.61. The van der Waals surface area contributed by atoms with Gasteiger partial charge in [0, 0.05) is 18.0 Å². The standard InChI is InChI=1S/C25H31N3O4/c1-15-19(9-11-23(26)27-15)8-10-22(29)16(2)28-24(30)20-7-6-18(13-20)12-17-4-3-5-21(14-17)25(31)32/h3-5,9,11,14,16,18,20H,6-8,10,12-13H2,1-2H3,(H2,26,27)(H,28,30)(H,31,32)/t16-,18-,20+/m0/s1. The lowest BCUT2D eigenvalue weighted by Gasteiger charge is -2.17. The van der Waals surface area contributed by atoms with E-state index in [0.29, 0.717) is 24.6 Å². The molecule has 1 aromatic carbocycles. The number of nitrogens with one attached hydrogen (secondary N) is 1. The maximum atomic E-state index is 12.7. The molecule has 0 aliphatic heterocycles. The van der Waals surface area contributed by atoms with Crippen molar-refractivity contribution in [3.8, 4) is 0 Å². The number of nitrogen functional groups attached to an aromatic ring is 1. The van der Waals surface area contributed by atoms with Crippen LogP contribution in [-0.4, -0.2) is 33.8 Å². The predicted octanol–water partition coefficient (Wildman–Crippen LogP) is 3.34. The molecular weight excluding hydrogens is 406 g/mol. The van der Waals surface area contributed by atoms with E-state index in [1.54, 1.807) is 31.2 Å². The van der Waals surface area contributed by atoms with Gasteiger partial charge in [-0.05, 0) is 81.2 Å². The van der Waals surface area contributed by atoms with Crippen LogP contribution in [0.1, 0.15) is 59.8 Å². The van der Waals surface area contributed by atoms with Gasteiger partial charge >= 0.3 is 5.97 Å². The molecule has 1 saturated carbocycles. The number of carbonyl (C=O) groups is 3. The van der Waals surface area contributed by atoms with Crippen LogP contribution in [0, 0.1) is 18.8 Å². The van der Waals surface area contributed by atoms with Crippen LogP contribution < -0.4 is 11.1 Å². The van der Waals surface area contributed by atoms with E-state index in [9.17, 15) is 14.4 Å². The first-order valence-corrected chi connectivity index (χ1v) is 11.1. The number of aromatic nitrogens is 1. The fourth-order valence-electron chi connectivity index (χ4n) is 4.42. The van der Waals surface area contributed by atoms with Crippen LogP contribution in [0.4, 0.5) is 5.82 Å². The van der Waals surface area contributed by atoms with Gasteiger partial charge in [-0.15, -0.1) is 0 Å². The van der Waals surface area contributed by atoms with Gasteiger partial charge < -0.3 is 16.2 Å². The van der Waals surface area contributed by atoms with Crippen molar-refractivity contribution >= 4 is 23.5 Å². The Morgan fingerprint density at radius 2 is 2.00 bits per heavy atom. The molecule has 3 rings (SSSR count). The van der Waals surface area contributed by atoms with Crippen molar-refractivity contribution in [2.45, 2.75) is 58.4 Å². The number of aryl methyl sites for hydroxylation is 2. The molecule has 0 bridgehead atoms. The number of aromatic carboxylic acids is 1. The van der Waals surface area contributed by atoms with Crippen LogP contribution in [0.2, 0.25) is 0 Å². The number of amides is 1. The van der Waals surface area contributed by atoms with E-state index in [1.807, 2.05) is 19.1 Å². The SMILES string of the molecule is Cc1nc(N)ccc1CCC(=O)[C@H](C)NC(=O)[C@@H]1CC[C@@H](Cc2cccc(C(=O)O)c2)C1. The summed E-state index contributed by atoms with van der Waals surface area (Å²) in [5.41, 5.74) is 8.73. The predicted molar refractivity (Wildman–Crippen MR) is 122 cm³/mol. The van der Waals surface area contributed by atoms with E-state index in [1.165, 1.54) is 0 Å². The summed E-state index contributed by atoms with van der Waals surface area (Å²) in [5.74, 6) is -0.324. The van der Waals surface area contributed by atoms with Crippen molar-refractivity contribution < 1.29 is 19.5 Å². The van der Waals surface area contributed by atoms with E-state index >= 15 is 0 Å². The van der Waals surface area contributed by atoms with Crippen molar-refractivity contribution in [1.82, 2.24) is 10.3 Å². The van der Waals surface area contributed by atoms with E-state index in [2.05, 4.69) is 10.3 Å². The first kappa shape index (κ1) is 23.4. The lowest BCUT2D eigenvalue weighted by molar-refractivity contribution is -0.129. The van der Waals surface area contributed by atoms with Crippen molar-refractivity contribution in [1.29, 1.82) is 0 Å². The smallest absolute Gasteiger partial charge is 0.335 e. The molecular formula is C25H31N3O4. The van der Waals surface area contributed by atoms with Crippen LogP contribution in [0.5, 0.6) is 0 Å². The molecule has 0 unspecified atom stereocenters. The number of rotatable bonds is 9. The Morgan fingerprint density at radius 1 is 1.22 bits per heavy atom. The molecule has 0 radical (unpaired) electrons. The second kappa shape index (κ2) is 10.4. The molecule has 1 heterocycles. The van der Waals surface area contributed by atoms with Gasteiger partial charge in [-0.3, -0.25) is 9.59 Å². The van der Waals surface area contributed by atoms with E-state index in [-0.39, 0.29) is 23.2 Å². The second-order valence-corrected chi connectivity index (χ2v) is 8.76. The van der Waals surface area contributed by atoms with Gasteiger partial charge in [-0.1, -0.05) is 18.2 Å². The number of carboxylic acids is 1. The average molecular weight is 438 g/mol. The molecule has 1 aromatic heterocycles. The number of anilines is 1. The largest absolute Gasteiger partial charge is 0.478 e. The highest BCUT2D eigenvalue weighted by Crippen LogP contribution is 2.33. The molecule has 3 atom stereocenters. The normalized spacial score (nSPS) is 18.8. The summed E-state index contributed by atoms with van der Waals surface area (Å²) in [6, 6.07) is 10.1. The summed E-state index contributed by atoms with van der Waals surface area (Å²) in [6.07, 6.45) is 4.11. The van der Waals surface area contributed by atoms with Crippen molar-refractivity contribution in [3.63, 3.8) is 0 Å². The van der Waals surface area contributed by atoms with Crippen LogP contribution in [-0.2, 0) is 22.4 Å². The van der Waals surface area contributed by atoms with Gasteiger partial charge in [0.2, 0.25) is 5.91 Å². The molecule has 0 spiro atoms. The van der Waals surface area contributed by atoms with E-state index < -0.39 is 12.0 Å². The molecule has 32 heavy (non-hydrogen) atoms.